The average molecular weight is 342 g/mol. The quantitative estimate of drug-likeness (QED) is 0.674. The standard InChI is InChI=1S/C15H13F3N2O4/c1-7-11(14(21)22)12(13(20(23)24)8(2)19-7)9-5-3-4-6-10(9)15(16,17)18/h3-6,12-13H,1-2H3,(H,21,22). The molecule has 9 heteroatoms. The zero-order valence-corrected chi connectivity index (χ0v) is 12.7. The van der Waals surface area contributed by atoms with Gasteiger partial charge in [-0.2, -0.15) is 13.2 Å². The van der Waals surface area contributed by atoms with Crippen LogP contribution in [0, 0.1) is 10.1 Å². The largest absolute Gasteiger partial charge is 0.478 e. The first-order chi connectivity index (χ1) is 11.1. The van der Waals surface area contributed by atoms with E-state index in [1.165, 1.54) is 19.9 Å². The van der Waals surface area contributed by atoms with Crippen LogP contribution in [-0.4, -0.2) is 27.8 Å². The number of benzene rings is 1. The van der Waals surface area contributed by atoms with Gasteiger partial charge in [-0.3, -0.25) is 15.1 Å². The van der Waals surface area contributed by atoms with Crippen LogP contribution in [0.2, 0.25) is 0 Å². The van der Waals surface area contributed by atoms with Crippen LogP contribution in [0.1, 0.15) is 30.9 Å². The van der Waals surface area contributed by atoms with E-state index in [2.05, 4.69) is 4.99 Å². The van der Waals surface area contributed by atoms with Gasteiger partial charge in [0, 0.05) is 10.6 Å². The van der Waals surface area contributed by atoms with Crippen molar-refractivity contribution in [2.45, 2.75) is 32.0 Å². The zero-order chi connectivity index (χ0) is 18.2. The van der Waals surface area contributed by atoms with Crippen molar-refractivity contribution in [3.8, 4) is 0 Å². The van der Waals surface area contributed by atoms with Crippen molar-refractivity contribution >= 4 is 11.7 Å². The number of carboxylic acids is 1. The summed E-state index contributed by atoms with van der Waals surface area (Å²) in [5.41, 5.74) is -2.12. The van der Waals surface area contributed by atoms with Crippen LogP contribution in [-0.2, 0) is 11.0 Å². The predicted molar refractivity (Wildman–Crippen MR) is 78.4 cm³/mol. The Balaban J connectivity index is 2.80. The molecule has 1 N–H and O–H groups in total. The number of allylic oxidation sites excluding steroid dienone is 1. The van der Waals surface area contributed by atoms with Gasteiger partial charge in [-0.25, -0.2) is 4.79 Å². The highest BCUT2D eigenvalue weighted by atomic mass is 19.4. The zero-order valence-electron chi connectivity index (χ0n) is 12.7. The van der Waals surface area contributed by atoms with Crippen LogP contribution >= 0.6 is 0 Å². The Morgan fingerprint density at radius 2 is 1.88 bits per heavy atom. The molecule has 1 aromatic carbocycles. The predicted octanol–water partition coefficient (Wildman–Crippen LogP) is 3.27. The number of carbonyl (C=O) groups is 1. The lowest BCUT2D eigenvalue weighted by molar-refractivity contribution is -0.505. The van der Waals surface area contributed by atoms with E-state index in [9.17, 15) is 33.2 Å². The number of hydrogen-bond donors (Lipinski definition) is 1. The Kier molecular flexibility index (Phi) is 4.46. The fourth-order valence-corrected chi connectivity index (χ4v) is 2.93. The maximum absolute atomic E-state index is 13.3. The third-order valence-corrected chi connectivity index (χ3v) is 3.85. The summed E-state index contributed by atoms with van der Waals surface area (Å²) in [7, 11) is 0. The topological polar surface area (TPSA) is 92.8 Å². The van der Waals surface area contributed by atoms with Crippen LogP contribution in [0.3, 0.4) is 0 Å². The van der Waals surface area contributed by atoms with Crippen LogP contribution in [0.4, 0.5) is 13.2 Å². The Bertz CT molecular complexity index is 768. The summed E-state index contributed by atoms with van der Waals surface area (Å²) in [4.78, 5) is 26.0. The number of nitrogens with zero attached hydrogens (tertiary/aromatic N) is 2. The fraction of sp³-hybridized carbons (Fsp3) is 0.333. The van der Waals surface area contributed by atoms with Crippen LogP contribution < -0.4 is 0 Å². The number of aliphatic carboxylic acids is 1. The second-order valence-corrected chi connectivity index (χ2v) is 5.35. The summed E-state index contributed by atoms with van der Waals surface area (Å²) in [6, 6.07) is 2.61. The van der Waals surface area contributed by atoms with Crippen molar-refractivity contribution in [1.82, 2.24) is 0 Å². The molecule has 1 aliphatic heterocycles. The first-order valence-electron chi connectivity index (χ1n) is 6.84. The van der Waals surface area contributed by atoms with E-state index in [-0.39, 0.29) is 11.4 Å². The van der Waals surface area contributed by atoms with Gasteiger partial charge in [-0.1, -0.05) is 18.2 Å². The molecule has 24 heavy (non-hydrogen) atoms. The lowest BCUT2D eigenvalue weighted by Gasteiger charge is -2.28. The molecule has 2 unspecified atom stereocenters. The molecule has 0 amide bonds. The third-order valence-electron chi connectivity index (χ3n) is 3.85. The summed E-state index contributed by atoms with van der Waals surface area (Å²) < 4.78 is 39.9. The molecule has 0 saturated carbocycles. The molecule has 1 aromatic rings. The van der Waals surface area contributed by atoms with Crippen molar-refractivity contribution in [1.29, 1.82) is 0 Å². The average Bonchev–Trinajstić information content (AvgIpc) is 2.44. The fourth-order valence-electron chi connectivity index (χ4n) is 2.93. The highest BCUT2D eigenvalue weighted by Crippen LogP contribution is 2.42. The highest BCUT2D eigenvalue weighted by Gasteiger charge is 2.47. The molecule has 0 spiro atoms. The smallest absolute Gasteiger partial charge is 0.416 e. The Hall–Kier alpha value is -2.71. The lowest BCUT2D eigenvalue weighted by atomic mass is 9.78. The first-order valence-corrected chi connectivity index (χ1v) is 6.84. The molecule has 6 nitrogen and oxygen atoms in total. The Morgan fingerprint density at radius 3 is 2.38 bits per heavy atom. The number of nitro groups is 1. The van der Waals surface area contributed by atoms with Crippen molar-refractivity contribution in [3.05, 3.63) is 56.8 Å². The van der Waals surface area contributed by atoms with Gasteiger partial charge in [-0.05, 0) is 25.5 Å². The number of rotatable bonds is 3. The van der Waals surface area contributed by atoms with Gasteiger partial charge in [0.2, 0.25) is 0 Å². The number of aliphatic imine (C=N–C) groups is 1. The number of alkyl halides is 3. The van der Waals surface area contributed by atoms with Gasteiger partial charge in [0.25, 0.3) is 6.04 Å². The number of carboxylic acid groups (broad SMARTS) is 1. The maximum Gasteiger partial charge on any atom is 0.416 e. The summed E-state index contributed by atoms with van der Waals surface area (Å²) in [5.74, 6) is -3.11. The second kappa shape index (κ2) is 6.06. The minimum Gasteiger partial charge on any atom is -0.478 e. The van der Waals surface area contributed by atoms with Crippen LogP contribution in [0.15, 0.2) is 40.5 Å². The normalized spacial score (nSPS) is 21.5. The van der Waals surface area contributed by atoms with Gasteiger partial charge in [0.1, 0.15) is 0 Å². The minimum absolute atomic E-state index is 0.0375. The van der Waals surface area contributed by atoms with Crippen molar-refractivity contribution in [2.75, 3.05) is 0 Å². The summed E-state index contributed by atoms with van der Waals surface area (Å²) >= 11 is 0. The second-order valence-electron chi connectivity index (χ2n) is 5.35. The maximum atomic E-state index is 13.3. The minimum atomic E-state index is -4.77. The van der Waals surface area contributed by atoms with E-state index < -0.39 is 45.7 Å². The molecule has 1 aliphatic rings. The van der Waals surface area contributed by atoms with E-state index >= 15 is 0 Å². The van der Waals surface area contributed by atoms with E-state index in [1.807, 2.05) is 0 Å². The SMILES string of the molecule is CC1=NC(C)=C(C(=O)O)C(c2ccccc2C(F)(F)F)C1[N+](=O)[O-]. The molecule has 0 aliphatic carbocycles. The van der Waals surface area contributed by atoms with Crippen LogP contribution in [0.25, 0.3) is 0 Å². The molecule has 0 radical (unpaired) electrons. The Labute approximate surface area is 134 Å². The van der Waals surface area contributed by atoms with Gasteiger partial charge >= 0.3 is 12.1 Å². The lowest BCUT2D eigenvalue weighted by Crippen LogP contribution is -2.40. The Morgan fingerprint density at radius 1 is 1.29 bits per heavy atom. The van der Waals surface area contributed by atoms with Gasteiger partial charge in [0.15, 0.2) is 0 Å². The van der Waals surface area contributed by atoms with E-state index in [4.69, 9.17) is 0 Å². The molecule has 2 atom stereocenters. The molecular weight excluding hydrogens is 329 g/mol. The summed E-state index contributed by atoms with van der Waals surface area (Å²) in [6.45, 7) is 2.62. The molecular formula is C15H13F3N2O4. The molecule has 128 valence electrons. The van der Waals surface area contributed by atoms with Crippen molar-refractivity contribution < 1.29 is 28.0 Å². The van der Waals surface area contributed by atoms with E-state index in [0.29, 0.717) is 0 Å². The van der Waals surface area contributed by atoms with Gasteiger partial charge < -0.3 is 5.11 Å². The third kappa shape index (κ3) is 3.01. The molecule has 1 heterocycles. The van der Waals surface area contributed by atoms with Crippen LogP contribution in [0.5, 0.6) is 0 Å². The summed E-state index contributed by atoms with van der Waals surface area (Å²) in [6.07, 6.45) is -4.77. The highest BCUT2D eigenvalue weighted by molar-refractivity contribution is 5.97. The molecule has 0 saturated heterocycles. The monoisotopic (exact) mass is 342 g/mol. The van der Waals surface area contributed by atoms with Crippen molar-refractivity contribution in [3.63, 3.8) is 0 Å². The molecule has 2 rings (SSSR count). The number of halogens is 3. The van der Waals surface area contributed by atoms with E-state index in [1.54, 1.807) is 0 Å². The van der Waals surface area contributed by atoms with Crippen molar-refractivity contribution in [2.24, 2.45) is 4.99 Å². The van der Waals surface area contributed by atoms with Gasteiger partial charge in [-0.15, -0.1) is 0 Å². The summed E-state index contributed by atoms with van der Waals surface area (Å²) in [5, 5.41) is 20.8. The molecule has 0 aromatic heterocycles. The van der Waals surface area contributed by atoms with E-state index in [0.717, 1.165) is 18.2 Å². The van der Waals surface area contributed by atoms with Gasteiger partial charge in [0.05, 0.1) is 22.8 Å². The number of hydrogen-bond acceptors (Lipinski definition) is 4. The first kappa shape index (κ1) is 17.6. The molecule has 0 fully saturated rings. The molecule has 0 bridgehead atoms.